The monoisotopic (exact) mass is 244 g/mol. The number of carbonyl (C=O) groups excluding carboxylic acids is 1. The number of benzene rings is 1. The summed E-state index contributed by atoms with van der Waals surface area (Å²) < 4.78 is 0. The Morgan fingerprint density at radius 3 is 3.00 bits per heavy atom. The molecule has 1 aromatic carbocycles. The zero-order chi connectivity index (χ0) is 12.5. The van der Waals surface area contributed by atoms with Crippen LogP contribution in [-0.2, 0) is 11.2 Å². The SMILES string of the molecule is NCC1CCCN(C(=O)C2Cc3ccccc32)C1. The summed E-state index contributed by atoms with van der Waals surface area (Å²) in [7, 11) is 0. The summed E-state index contributed by atoms with van der Waals surface area (Å²) in [6.07, 6.45) is 3.18. The van der Waals surface area contributed by atoms with Crippen molar-refractivity contribution in [3.63, 3.8) is 0 Å². The molecule has 2 atom stereocenters. The van der Waals surface area contributed by atoms with Crippen LogP contribution in [0.4, 0.5) is 0 Å². The van der Waals surface area contributed by atoms with Gasteiger partial charge in [0.25, 0.3) is 0 Å². The Morgan fingerprint density at radius 2 is 2.22 bits per heavy atom. The number of likely N-dealkylation sites (tertiary alicyclic amines) is 1. The van der Waals surface area contributed by atoms with Gasteiger partial charge in [-0.3, -0.25) is 4.79 Å². The van der Waals surface area contributed by atoms with E-state index in [1.165, 1.54) is 17.5 Å². The number of nitrogens with zero attached hydrogens (tertiary/aromatic N) is 1. The van der Waals surface area contributed by atoms with Crippen molar-refractivity contribution in [2.75, 3.05) is 19.6 Å². The normalized spacial score (nSPS) is 26.4. The maximum absolute atomic E-state index is 12.5. The summed E-state index contributed by atoms with van der Waals surface area (Å²) in [6, 6.07) is 8.28. The van der Waals surface area contributed by atoms with E-state index in [4.69, 9.17) is 5.73 Å². The van der Waals surface area contributed by atoms with Crippen molar-refractivity contribution in [3.8, 4) is 0 Å². The van der Waals surface area contributed by atoms with Gasteiger partial charge in [0, 0.05) is 13.1 Å². The van der Waals surface area contributed by atoms with Gasteiger partial charge in [-0.15, -0.1) is 0 Å². The molecular formula is C15H20N2O. The quantitative estimate of drug-likeness (QED) is 0.857. The summed E-state index contributed by atoms with van der Waals surface area (Å²) in [4.78, 5) is 14.5. The molecule has 1 fully saturated rings. The van der Waals surface area contributed by atoms with Gasteiger partial charge in [0.15, 0.2) is 0 Å². The highest BCUT2D eigenvalue weighted by Gasteiger charge is 2.35. The average Bonchev–Trinajstić information content (AvgIpc) is 2.40. The molecule has 2 unspecified atom stereocenters. The molecule has 96 valence electrons. The number of hydrogen-bond acceptors (Lipinski definition) is 2. The van der Waals surface area contributed by atoms with Crippen LogP contribution in [0.3, 0.4) is 0 Å². The van der Waals surface area contributed by atoms with Crippen LogP contribution in [0.5, 0.6) is 0 Å². The lowest BCUT2D eigenvalue weighted by atomic mass is 9.76. The molecular weight excluding hydrogens is 224 g/mol. The van der Waals surface area contributed by atoms with Crippen LogP contribution in [0.1, 0.15) is 29.9 Å². The molecule has 1 aromatic rings. The van der Waals surface area contributed by atoms with E-state index >= 15 is 0 Å². The Balaban J connectivity index is 1.69. The smallest absolute Gasteiger partial charge is 0.230 e. The second-order valence-corrected chi connectivity index (χ2v) is 5.48. The molecule has 1 saturated heterocycles. The van der Waals surface area contributed by atoms with Crippen molar-refractivity contribution in [2.24, 2.45) is 11.7 Å². The lowest BCUT2D eigenvalue weighted by molar-refractivity contribution is -0.135. The van der Waals surface area contributed by atoms with Crippen molar-refractivity contribution in [1.29, 1.82) is 0 Å². The number of hydrogen-bond donors (Lipinski definition) is 1. The molecule has 0 aromatic heterocycles. The number of fused-ring (bicyclic) bond motifs is 1. The van der Waals surface area contributed by atoms with Gasteiger partial charge < -0.3 is 10.6 Å². The topological polar surface area (TPSA) is 46.3 Å². The maximum atomic E-state index is 12.5. The molecule has 2 N–H and O–H groups in total. The van der Waals surface area contributed by atoms with E-state index in [-0.39, 0.29) is 5.92 Å². The largest absolute Gasteiger partial charge is 0.342 e. The molecule has 0 bridgehead atoms. The van der Waals surface area contributed by atoms with E-state index in [0.717, 1.165) is 25.9 Å². The minimum atomic E-state index is 0.109. The van der Waals surface area contributed by atoms with E-state index in [2.05, 4.69) is 12.1 Å². The molecule has 1 aliphatic carbocycles. The first-order chi connectivity index (χ1) is 8.79. The molecule has 0 radical (unpaired) electrons. The van der Waals surface area contributed by atoms with E-state index in [1.807, 2.05) is 17.0 Å². The van der Waals surface area contributed by atoms with Crippen molar-refractivity contribution >= 4 is 5.91 Å². The summed E-state index contributed by atoms with van der Waals surface area (Å²) in [5.41, 5.74) is 8.30. The first-order valence-electron chi connectivity index (χ1n) is 6.86. The van der Waals surface area contributed by atoms with Gasteiger partial charge in [-0.25, -0.2) is 0 Å². The van der Waals surface area contributed by atoms with Crippen LogP contribution in [0.25, 0.3) is 0 Å². The molecule has 1 heterocycles. The predicted octanol–water partition coefficient (Wildman–Crippen LogP) is 1.52. The van der Waals surface area contributed by atoms with Gasteiger partial charge in [0.05, 0.1) is 5.92 Å². The minimum Gasteiger partial charge on any atom is -0.342 e. The van der Waals surface area contributed by atoms with Crippen molar-refractivity contribution in [1.82, 2.24) is 4.90 Å². The Morgan fingerprint density at radius 1 is 1.39 bits per heavy atom. The lowest BCUT2D eigenvalue weighted by Gasteiger charge is -2.38. The number of rotatable bonds is 2. The van der Waals surface area contributed by atoms with Crippen molar-refractivity contribution < 1.29 is 4.79 Å². The number of nitrogens with two attached hydrogens (primary N) is 1. The van der Waals surface area contributed by atoms with E-state index in [1.54, 1.807) is 0 Å². The van der Waals surface area contributed by atoms with Crippen molar-refractivity contribution in [3.05, 3.63) is 35.4 Å². The average molecular weight is 244 g/mol. The highest BCUT2D eigenvalue weighted by molar-refractivity contribution is 5.87. The van der Waals surface area contributed by atoms with Crippen LogP contribution in [-0.4, -0.2) is 30.4 Å². The summed E-state index contributed by atoms with van der Waals surface area (Å²) >= 11 is 0. The molecule has 1 amide bonds. The fourth-order valence-corrected chi connectivity index (χ4v) is 3.16. The van der Waals surface area contributed by atoms with E-state index in [0.29, 0.717) is 18.4 Å². The van der Waals surface area contributed by atoms with Crippen LogP contribution in [0.2, 0.25) is 0 Å². The summed E-state index contributed by atoms with van der Waals surface area (Å²) in [5.74, 6) is 0.919. The van der Waals surface area contributed by atoms with E-state index < -0.39 is 0 Å². The molecule has 3 heteroatoms. The molecule has 18 heavy (non-hydrogen) atoms. The lowest BCUT2D eigenvalue weighted by Crippen LogP contribution is -2.46. The molecule has 3 rings (SSSR count). The third-order valence-electron chi connectivity index (χ3n) is 4.32. The number of piperidine rings is 1. The Labute approximate surface area is 108 Å². The van der Waals surface area contributed by atoms with Gasteiger partial charge in [-0.2, -0.15) is 0 Å². The first kappa shape index (κ1) is 11.7. The highest BCUT2D eigenvalue weighted by atomic mass is 16.2. The molecule has 0 spiro atoms. The third-order valence-corrected chi connectivity index (χ3v) is 4.32. The fraction of sp³-hybridized carbons (Fsp3) is 0.533. The van der Waals surface area contributed by atoms with Gasteiger partial charge in [-0.1, -0.05) is 24.3 Å². The fourth-order valence-electron chi connectivity index (χ4n) is 3.16. The maximum Gasteiger partial charge on any atom is 0.230 e. The van der Waals surface area contributed by atoms with Gasteiger partial charge in [0.1, 0.15) is 0 Å². The highest BCUT2D eigenvalue weighted by Crippen LogP contribution is 2.36. The first-order valence-corrected chi connectivity index (χ1v) is 6.86. The minimum absolute atomic E-state index is 0.109. The van der Waals surface area contributed by atoms with Gasteiger partial charge in [0.2, 0.25) is 5.91 Å². The predicted molar refractivity (Wildman–Crippen MR) is 71.2 cm³/mol. The van der Waals surface area contributed by atoms with Gasteiger partial charge >= 0.3 is 0 Å². The molecule has 2 aliphatic rings. The second kappa shape index (κ2) is 4.73. The van der Waals surface area contributed by atoms with Crippen LogP contribution >= 0.6 is 0 Å². The summed E-state index contributed by atoms with van der Waals surface area (Å²) in [5, 5.41) is 0. The van der Waals surface area contributed by atoms with Crippen molar-refractivity contribution in [2.45, 2.75) is 25.2 Å². The van der Waals surface area contributed by atoms with E-state index in [9.17, 15) is 4.79 Å². The molecule has 0 saturated carbocycles. The third kappa shape index (κ3) is 1.93. The number of carbonyl (C=O) groups is 1. The van der Waals surface area contributed by atoms with Crippen LogP contribution < -0.4 is 5.73 Å². The van der Waals surface area contributed by atoms with Gasteiger partial charge in [-0.05, 0) is 42.9 Å². The Hall–Kier alpha value is -1.35. The molecule has 1 aliphatic heterocycles. The standard InChI is InChI=1S/C15H20N2O/c16-9-11-4-3-7-17(10-11)15(18)14-8-12-5-1-2-6-13(12)14/h1-2,5-6,11,14H,3-4,7-10,16H2. The molecule has 3 nitrogen and oxygen atoms in total. The second-order valence-electron chi connectivity index (χ2n) is 5.48. The zero-order valence-corrected chi connectivity index (χ0v) is 10.6. The zero-order valence-electron chi connectivity index (χ0n) is 10.6. The summed E-state index contributed by atoms with van der Waals surface area (Å²) in [6.45, 7) is 2.47. The number of amides is 1. The Bertz CT molecular complexity index is 458. The van der Waals surface area contributed by atoms with Crippen LogP contribution in [0.15, 0.2) is 24.3 Å². The van der Waals surface area contributed by atoms with Crippen LogP contribution in [0, 0.1) is 5.92 Å². The Kier molecular flexibility index (Phi) is 3.08.